The van der Waals surface area contributed by atoms with Crippen LogP contribution in [0.2, 0.25) is 5.02 Å². The second-order valence-corrected chi connectivity index (χ2v) is 9.61. The van der Waals surface area contributed by atoms with Gasteiger partial charge >= 0.3 is 0 Å². The third kappa shape index (κ3) is 8.09. The number of halogens is 3. The van der Waals surface area contributed by atoms with Crippen molar-refractivity contribution in [1.82, 2.24) is 5.43 Å². The molecule has 0 aliphatic heterocycles. The lowest BCUT2D eigenvalue weighted by atomic mass is 10.2. The van der Waals surface area contributed by atoms with Crippen molar-refractivity contribution in [2.24, 2.45) is 5.10 Å². The number of amides is 2. The highest BCUT2D eigenvalue weighted by Crippen LogP contribution is 2.37. The van der Waals surface area contributed by atoms with E-state index in [2.05, 4.69) is 47.7 Å². The van der Waals surface area contributed by atoms with Crippen molar-refractivity contribution in [3.05, 3.63) is 85.3 Å². The molecule has 10 heteroatoms. The lowest BCUT2D eigenvalue weighted by Gasteiger charge is -2.13. The highest BCUT2D eigenvalue weighted by Gasteiger charge is 2.13. The maximum Gasteiger partial charge on any atom is 0.249 e. The summed E-state index contributed by atoms with van der Waals surface area (Å²) in [5.41, 5.74) is 5.41. The number of nitrogens with one attached hydrogen (secondary N) is 2. The lowest BCUT2D eigenvalue weighted by molar-refractivity contribution is -0.126. The molecule has 0 saturated heterocycles. The number of methoxy groups -OCH3 is 1. The van der Waals surface area contributed by atoms with Gasteiger partial charge in [-0.15, -0.1) is 0 Å². The first-order chi connectivity index (χ1) is 16.7. The highest BCUT2D eigenvalue weighted by molar-refractivity contribution is 9.10. The van der Waals surface area contributed by atoms with Gasteiger partial charge in [0.15, 0.2) is 11.5 Å². The van der Waals surface area contributed by atoms with Crippen molar-refractivity contribution in [2.75, 3.05) is 12.4 Å². The molecule has 0 aliphatic carbocycles. The Hall–Kier alpha value is -2.88. The number of hydrogen-bond acceptors (Lipinski definition) is 5. The van der Waals surface area contributed by atoms with Crippen molar-refractivity contribution in [1.29, 1.82) is 0 Å². The van der Waals surface area contributed by atoms with Crippen molar-refractivity contribution in [3.8, 4) is 11.5 Å². The maximum absolute atomic E-state index is 12.1. The minimum Gasteiger partial charge on any atom is -0.493 e. The summed E-state index contributed by atoms with van der Waals surface area (Å²) in [6.45, 7) is 2.22. The van der Waals surface area contributed by atoms with Gasteiger partial charge in [0, 0.05) is 15.2 Å². The van der Waals surface area contributed by atoms with E-state index in [1.807, 2.05) is 31.2 Å². The predicted molar refractivity (Wildman–Crippen MR) is 144 cm³/mol. The number of carbonyl (C=O) groups excluding carboxylic acids is 2. The summed E-state index contributed by atoms with van der Waals surface area (Å²) in [4.78, 5) is 24.2. The van der Waals surface area contributed by atoms with E-state index in [-0.39, 0.29) is 0 Å². The molecule has 35 heavy (non-hydrogen) atoms. The molecule has 0 bridgehead atoms. The summed E-state index contributed by atoms with van der Waals surface area (Å²) in [5, 5.41) is 7.09. The quantitative estimate of drug-likeness (QED) is 0.168. The molecular weight excluding hydrogens is 602 g/mol. The second kappa shape index (κ2) is 12.7. The number of carbonyl (C=O) groups is 2. The fourth-order valence-electron chi connectivity index (χ4n) is 2.93. The van der Waals surface area contributed by atoms with E-state index in [9.17, 15) is 9.59 Å². The number of aryl methyl sites for hydroxylation is 1. The Morgan fingerprint density at radius 1 is 1.06 bits per heavy atom. The van der Waals surface area contributed by atoms with E-state index in [0.29, 0.717) is 38.9 Å². The number of benzene rings is 3. The van der Waals surface area contributed by atoms with Crippen LogP contribution < -0.4 is 20.2 Å². The van der Waals surface area contributed by atoms with Crippen molar-refractivity contribution >= 4 is 67.2 Å². The first-order valence-electron chi connectivity index (χ1n) is 10.4. The Morgan fingerprint density at radius 3 is 2.49 bits per heavy atom. The number of nitrogens with zero attached hydrogens (tertiary/aromatic N) is 1. The predicted octanol–water partition coefficient (Wildman–Crippen LogP) is 6.24. The molecule has 3 rings (SSSR count). The molecule has 0 aliphatic rings. The Bertz CT molecular complexity index is 1250. The van der Waals surface area contributed by atoms with Crippen LogP contribution in [0.4, 0.5) is 5.69 Å². The molecule has 2 N–H and O–H groups in total. The molecule has 0 fully saturated rings. The smallest absolute Gasteiger partial charge is 0.249 e. The van der Waals surface area contributed by atoms with Gasteiger partial charge < -0.3 is 14.8 Å². The Labute approximate surface area is 225 Å². The average molecular weight is 624 g/mol. The average Bonchev–Trinajstić information content (AvgIpc) is 2.81. The topological polar surface area (TPSA) is 89.0 Å². The molecule has 0 aromatic heterocycles. The summed E-state index contributed by atoms with van der Waals surface area (Å²) in [6.07, 6.45) is 1.06. The molecule has 0 saturated carbocycles. The Kier molecular flexibility index (Phi) is 9.71. The van der Waals surface area contributed by atoms with E-state index in [1.54, 1.807) is 30.3 Å². The molecule has 0 heterocycles. The molecule has 3 aromatic carbocycles. The van der Waals surface area contributed by atoms with E-state index in [4.69, 9.17) is 21.1 Å². The number of hydrogen-bond donors (Lipinski definition) is 2. The molecule has 0 radical (unpaired) electrons. The van der Waals surface area contributed by atoms with Crippen LogP contribution in [0.25, 0.3) is 0 Å². The van der Waals surface area contributed by atoms with Gasteiger partial charge in [-0.25, -0.2) is 5.43 Å². The number of rotatable bonds is 9. The first-order valence-corrected chi connectivity index (χ1v) is 12.3. The van der Waals surface area contributed by atoms with E-state index < -0.39 is 18.2 Å². The molecule has 2 amide bonds. The van der Waals surface area contributed by atoms with Gasteiger partial charge in [-0.05, 0) is 75.9 Å². The maximum atomic E-state index is 12.1. The SMILES string of the molecule is COc1cc(C=NNC(=O)CC(=O)Nc2ccc(C)c(Cl)c2)cc(Br)c1OCc1ccc(Br)cc1. The van der Waals surface area contributed by atoms with Crippen LogP contribution >= 0.6 is 43.5 Å². The summed E-state index contributed by atoms with van der Waals surface area (Å²) >= 11 is 13.0. The van der Waals surface area contributed by atoms with Gasteiger partial charge in [0.1, 0.15) is 13.0 Å². The minimum absolute atomic E-state index is 0.364. The van der Waals surface area contributed by atoms with Gasteiger partial charge in [0.2, 0.25) is 11.8 Å². The zero-order valence-electron chi connectivity index (χ0n) is 18.9. The summed E-state index contributed by atoms with van der Waals surface area (Å²) in [7, 11) is 1.54. The first kappa shape index (κ1) is 26.7. The van der Waals surface area contributed by atoms with Crippen LogP contribution in [-0.2, 0) is 16.2 Å². The summed E-state index contributed by atoms with van der Waals surface area (Å²) < 4.78 is 13.0. The Morgan fingerprint density at radius 2 is 1.80 bits per heavy atom. The van der Waals surface area contributed by atoms with E-state index >= 15 is 0 Å². The number of anilines is 1. The van der Waals surface area contributed by atoms with E-state index in [1.165, 1.54) is 13.3 Å². The van der Waals surface area contributed by atoms with E-state index in [0.717, 1.165) is 15.6 Å². The van der Waals surface area contributed by atoms with Crippen LogP contribution in [0.1, 0.15) is 23.1 Å². The van der Waals surface area contributed by atoms with Crippen LogP contribution in [0, 0.1) is 6.92 Å². The molecular formula is C25H22Br2ClN3O4. The number of ether oxygens (including phenoxy) is 2. The van der Waals surface area contributed by atoms with Gasteiger partial charge in [0.05, 0.1) is 17.8 Å². The normalized spacial score (nSPS) is 10.8. The summed E-state index contributed by atoms with van der Waals surface area (Å²) in [6, 6.07) is 16.4. The number of hydrazone groups is 1. The lowest BCUT2D eigenvalue weighted by Crippen LogP contribution is -2.24. The molecule has 7 nitrogen and oxygen atoms in total. The largest absolute Gasteiger partial charge is 0.493 e. The van der Waals surface area contributed by atoms with Crippen LogP contribution in [0.3, 0.4) is 0 Å². The fraction of sp³-hybridized carbons (Fsp3) is 0.160. The summed E-state index contributed by atoms with van der Waals surface area (Å²) in [5.74, 6) is 0.0108. The van der Waals surface area contributed by atoms with Gasteiger partial charge in [-0.1, -0.05) is 45.7 Å². The third-order valence-electron chi connectivity index (χ3n) is 4.73. The van der Waals surface area contributed by atoms with Crippen LogP contribution in [0.15, 0.2) is 68.6 Å². The molecule has 0 unspecified atom stereocenters. The molecule has 0 atom stereocenters. The van der Waals surface area contributed by atoms with Gasteiger partial charge in [-0.2, -0.15) is 5.10 Å². The van der Waals surface area contributed by atoms with Gasteiger partial charge in [0.25, 0.3) is 0 Å². The zero-order chi connectivity index (χ0) is 25.4. The fourth-order valence-corrected chi connectivity index (χ4v) is 3.95. The monoisotopic (exact) mass is 621 g/mol. The van der Waals surface area contributed by atoms with Crippen molar-refractivity contribution in [2.45, 2.75) is 20.0 Å². The minimum atomic E-state index is -0.558. The molecule has 182 valence electrons. The third-order valence-corrected chi connectivity index (χ3v) is 6.25. The zero-order valence-corrected chi connectivity index (χ0v) is 22.8. The van der Waals surface area contributed by atoms with Crippen molar-refractivity contribution in [3.63, 3.8) is 0 Å². The van der Waals surface area contributed by atoms with Crippen LogP contribution in [-0.4, -0.2) is 25.1 Å². The highest BCUT2D eigenvalue weighted by atomic mass is 79.9. The van der Waals surface area contributed by atoms with Crippen LogP contribution in [0.5, 0.6) is 11.5 Å². The Balaban J connectivity index is 1.56. The second-order valence-electron chi connectivity index (χ2n) is 7.43. The standard InChI is InChI=1S/C25H22Br2ClN3O4/c1-15-3-8-19(11-21(15)28)30-23(32)12-24(33)31-29-13-17-9-20(27)25(22(10-17)34-2)35-14-16-4-6-18(26)7-5-16/h3-11,13H,12,14H2,1-2H3,(H,30,32)(H,31,33). The van der Waals surface area contributed by atoms with Crippen molar-refractivity contribution < 1.29 is 19.1 Å². The molecule has 3 aromatic rings. The molecule has 0 spiro atoms. The van der Waals surface area contributed by atoms with Gasteiger partial charge in [-0.3, -0.25) is 9.59 Å².